The highest BCUT2D eigenvalue weighted by Crippen LogP contribution is 2.04. The van der Waals surface area contributed by atoms with E-state index in [0.29, 0.717) is 0 Å². The third kappa shape index (κ3) is 1.83. The van der Waals surface area contributed by atoms with E-state index in [1.807, 2.05) is 36.3 Å². The second kappa shape index (κ2) is 3.23. The molecule has 0 saturated carbocycles. The minimum absolute atomic E-state index is 0.813. The lowest BCUT2D eigenvalue weighted by Crippen LogP contribution is -2.28. The zero-order valence-electron chi connectivity index (χ0n) is 6.99. The highest BCUT2D eigenvalue weighted by molar-refractivity contribution is 5.61. The predicted molar refractivity (Wildman–Crippen MR) is 47.2 cm³/mol. The molecule has 1 rings (SSSR count). The smallest absolute Gasteiger partial charge is 0.100 e. The summed E-state index contributed by atoms with van der Waals surface area (Å²) >= 11 is 0. The summed E-state index contributed by atoms with van der Waals surface area (Å²) in [4.78, 5) is 8.01. The van der Waals surface area contributed by atoms with Crippen molar-refractivity contribution in [3.8, 4) is 0 Å². The van der Waals surface area contributed by atoms with Gasteiger partial charge in [-0.05, 0) is 0 Å². The van der Waals surface area contributed by atoms with Crippen molar-refractivity contribution in [3.05, 3.63) is 24.8 Å². The maximum Gasteiger partial charge on any atom is 0.100 e. The molecule has 0 aromatic heterocycles. The summed E-state index contributed by atoms with van der Waals surface area (Å²) in [6.07, 6.45) is 5.50. The van der Waals surface area contributed by atoms with Gasteiger partial charge in [-0.15, -0.1) is 0 Å². The molecule has 0 unspecified atom stereocenters. The minimum atomic E-state index is 0.813. The summed E-state index contributed by atoms with van der Waals surface area (Å²) in [5, 5.41) is 0. The fourth-order valence-corrected chi connectivity index (χ4v) is 0.830. The van der Waals surface area contributed by atoms with Crippen molar-refractivity contribution in [2.75, 3.05) is 20.6 Å². The van der Waals surface area contributed by atoms with Crippen LogP contribution in [0, 0.1) is 0 Å². The Balaban J connectivity index is 2.75. The summed E-state index contributed by atoms with van der Waals surface area (Å²) in [5.74, 6) is 0.979. The Bertz CT molecular complexity index is 205. The van der Waals surface area contributed by atoms with Gasteiger partial charge < -0.3 is 9.80 Å². The van der Waals surface area contributed by atoms with Crippen LogP contribution in [0.5, 0.6) is 0 Å². The van der Waals surface area contributed by atoms with Crippen LogP contribution in [0.15, 0.2) is 29.8 Å². The molecule has 0 bridgehead atoms. The molecule has 0 aliphatic carbocycles. The summed E-state index contributed by atoms with van der Waals surface area (Å²) in [7, 11) is 3.94. The molecule has 1 aliphatic rings. The van der Waals surface area contributed by atoms with E-state index in [9.17, 15) is 0 Å². The summed E-state index contributed by atoms with van der Waals surface area (Å²) < 4.78 is 0. The monoisotopic (exact) mass is 151 g/mol. The van der Waals surface area contributed by atoms with Crippen molar-refractivity contribution in [2.24, 2.45) is 4.99 Å². The van der Waals surface area contributed by atoms with E-state index in [0.717, 1.165) is 12.4 Å². The SMILES string of the molecule is C=C1N(C)/C=C\N=C/CN1C. The predicted octanol–water partition coefficient (Wildman–Crippen LogP) is 0.877. The Morgan fingerprint density at radius 3 is 3.00 bits per heavy atom. The average Bonchev–Trinajstić information content (AvgIpc) is 2.00. The Hall–Kier alpha value is -1.25. The Kier molecular flexibility index (Phi) is 2.31. The van der Waals surface area contributed by atoms with Gasteiger partial charge in [-0.25, -0.2) is 0 Å². The summed E-state index contributed by atoms with van der Waals surface area (Å²) in [6, 6.07) is 0. The van der Waals surface area contributed by atoms with Crippen LogP contribution in [-0.4, -0.2) is 36.7 Å². The second-order valence-electron chi connectivity index (χ2n) is 2.54. The van der Waals surface area contributed by atoms with Crippen molar-refractivity contribution in [1.29, 1.82) is 0 Å². The zero-order chi connectivity index (χ0) is 8.27. The highest BCUT2D eigenvalue weighted by Gasteiger charge is 2.04. The van der Waals surface area contributed by atoms with Crippen LogP contribution in [0.1, 0.15) is 0 Å². The Labute approximate surface area is 67.3 Å². The van der Waals surface area contributed by atoms with E-state index in [1.54, 1.807) is 6.20 Å². The maximum absolute atomic E-state index is 4.04. The number of nitrogens with zero attached hydrogens (tertiary/aromatic N) is 3. The molecule has 3 heteroatoms. The van der Waals surface area contributed by atoms with Crippen LogP contribution >= 0.6 is 0 Å². The first-order valence-corrected chi connectivity index (χ1v) is 3.53. The van der Waals surface area contributed by atoms with Crippen molar-refractivity contribution < 1.29 is 0 Å². The molecule has 0 spiro atoms. The first kappa shape index (κ1) is 7.85. The molecule has 0 aromatic rings. The highest BCUT2D eigenvalue weighted by atomic mass is 15.3. The van der Waals surface area contributed by atoms with E-state index in [2.05, 4.69) is 11.6 Å². The molecule has 0 fully saturated rings. The van der Waals surface area contributed by atoms with Gasteiger partial charge in [0.25, 0.3) is 0 Å². The standard InChI is InChI=1S/C8H13N3/c1-8-10(2)6-4-9-5-7-11(8)3/h4-6H,1,7H2,2-3H3/b6-4-,9-5-. The first-order chi connectivity index (χ1) is 5.22. The second-order valence-corrected chi connectivity index (χ2v) is 2.54. The lowest BCUT2D eigenvalue weighted by molar-refractivity contribution is 0.351. The summed E-state index contributed by atoms with van der Waals surface area (Å²) in [5.41, 5.74) is 0. The maximum atomic E-state index is 4.04. The van der Waals surface area contributed by atoms with Crippen LogP contribution in [0.3, 0.4) is 0 Å². The molecule has 0 saturated heterocycles. The average molecular weight is 151 g/mol. The van der Waals surface area contributed by atoms with Crippen LogP contribution in [-0.2, 0) is 0 Å². The number of hydrogen-bond acceptors (Lipinski definition) is 3. The lowest BCUT2D eigenvalue weighted by atomic mass is 10.5. The zero-order valence-corrected chi connectivity index (χ0v) is 6.99. The van der Waals surface area contributed by atoms with Crippen molar-refractivity contribution in [1.82, 2.24) is 9.80 Å². The van der Waals surface area contributed by atoms with Gasteiger partial charge in [0.15, 0.2) is 0 Å². The normalized spacial score (nSPS) is 24.4. The fraction of sp³-hybridized carbons (Fsp3) is 0.375. The minimum Gasteiger partial charge on any atom is -0.356 e. The van der Waals surface area contributed by atoms with Gasteiger partial charge in [-0.2, -0.15) is 0 Å². The van der Waals surface area contributed by atoms with Crippen molar-refractivity contribution in [3.63, 3.8) is 0 Å². The lowest BCUT2D eigenvalue weighted by Gasteiger charge is -2.27. The first-order valence-electron chi connectivity index (χ1n) is 3.53. The van der Waals surface area contributed by atoms with E-state index in [-0.39, 0.29) is 0 Å². The van der Waals surface area contributed by atoms with Gasteiger partial charge in [-0.3, -0.25) is 4.99 Å². The quantitative estimate of drug-likeness (QED) is 0.511. The van der Waals surface area contributed by atoms with Gasteiger partial charge in [0.1, 0.15) is 5.82 Å². The van der Waals surface area contributed by atoms with E-state index < -0.39 is 0 Å². The van der Waals surface area contributed by atoms with Gasteiger partial charge in [0.05, 0.1) is 6.54 Å². The largest absolute Gasteiger partial charge is 0.356 e. The molecular weight excluding hydrogens is 138 g/mol. The Morgan fingerprint density at radius 1 is 1.55 bits per heavy atom. The van der Waals surface area contributed by atoms with Gasteiger partial charge in [0.2, 0.25) is 0 Å². The van der Waals surface area contributed by atoms with Crippen LogP contribution in [0.25, 0.3) is 0 Å². The molecule has 0 atom stereocenters. The molecule has 60 valence electrons. The molecule has 0 N–H and O–H groups in total. The number of rotatable bonds is 0. The third-order valence-electron chi connectivity index (χ3n) is 1.69. The molecule has 1 aliphatic heterocycles. The van der Waals surface area contributed by atoms with Gasteiger partial charge in [-0.1, -0.05) is 6.58 Å². The molecule has 0 aromatic carbocycles. The van der Waals surface area contributed by atoms with Crippen LogP contribution in [0.2, 0.25) is 0 Å². The number of hydrogen-bond donors (Lipinski definition) is 0. The topological polar surface area (TPSA) is 18.8 Å². The third-order valence-corrected chi connectivity index (χ3v) is 1.69. The van der Waals surface area contributed by atoms with E-state index in [4.69, 9.17) is 0 Å². The molecular formula is C8H13N3. The van der Waals surface area contributed by atoms with Crippen LogP contribution in [0.4, 0.5) is 0 Å². The van der Waals surface area contributed by atoms with Crippen LogP contribution < -0.4 is 0 Å². The molecule has 0 amide bonds. The Morgan fingerprint density at radius 2 is 2.27 bits per heavy atom. The molecule has 3 nitrogen and oxygen atoms in total. The fourth-order valence-electron chi connectivity index (χ4n) is 0.830. The van der Waals surface area contributed by atoms with E-state index >= 15 is 0 Å². The van der Waals surface area contributed by atoms with E-state index in [1.165, 1.54) is 0 Å². The summed E-state index contributed by atoms with van der Waals surface area (Å²) in [6.45, 7) is 4.73. The van der Waals surface area contributed by atoms with Gasteiger partial charge >= 0.3 is 0 Å². The van der Waals surface area contributed by atoms with Crippen molar-refractivity contribution >= 4 is 6.21 Å². The number of aliphatic imine (C=N–C) groups is 1. The van der Waals surface area contributed by atoms with Crippen molar-refractivity contribution in [2.45, 2.75) is 0 Å². The molecule has 11 heavy (non-hydrogen) atoms. The molecule has 1 heterocycles. The van der Waals surface area contributed by atoms with Gasteiger partial charge in [0, 0.05) is 32.7 Å². The molecule has 0 radical (unpaired) electrons.